The van der Waals surface area contributed by atoms with E-state index in [1.165, 1.54) is 5.57 Å². The van der Waals surface area contributed by atoms with Crippen molar-refractivity contribution in [1.82, 2.24) is 0 Å². The van der Waals surface area contributed by atoms with Gasteiger partial charge in [0.25, 0.3) is 0 Å². The van der Waals surface area contributed by atoms with Crippen LogP contribution in [0, 0.1) is 0 Å². The molecule has 0 atom stereocenters. The Kier molecular flexibility index (Phi) is 4.04. The summed E-state index contributed by atoms with van der Waals surface area (Å²) in [6, 6.07) is 0. The van der Waals surface area contributed by atoms with E-state index in [-0.39, 0.29) is 0 Å². The van der Waals surface area contributed by atoms with E-state index in [1.54, 1.807) is 0 Å². The van der Waals surface area contributed by atoms with Gasteiger partial charge in [-0.3, -0.25) is 0 Å². The molecule has 0 heterocycles. The largest absolute Gasteiger partial charge is 0.0918 e. The van der Waals surface area contributed by atoms with Crippen molar-refractivity contribution in [2.45, 2.75) is 19.8 Å². The molecule has 0 aromatic carbocycles. The Bertz CT molecular complexity index is 285. The molecule has 13 heavy (non-hydrogen) atoms. The Morgan fingerprint density at radius 3 is 2.85 bits per heavy atom. The topological polar surface area (TPSA) is 0 Å². The first-order chi connectivity index (χ1) is 6.29. The minimum absolute atomic E-state index is 1.01. The quantitative estimate of drug-likeness (QED) is 0.485. The first-order valence-corrected chi connectivity index (χ1v) is 4.63. The second-order valence-corrected chi connectivity index (χ2v) is 3.25. The Balaban J connectivity index is 2.73. The SMILES string of the molecule is C=C1/C=C\C=C/C/C(C)=C\C/C=C\1. The third-order valence-corrected chi connectivity index (χ3v) is 1.93. The van der Waals surface area contributed by atoms with Crippen LogP contribution >= 0.6 is 0 Å². The van der Waals surface area contributed by atoms with Crippen molar-refractivity contribution in [3.63, 3.8) is 0 Å². The third kappa shape index (κ3) is 4.32. The fourth-order valence-corrected chi connectivity index (χ4v) is 1.14. The molecule has 1 aliphatic carbocycles. The Hall–Kier alpha value is -1.30. The van der Waals surface area contributed by atoms with Gasteiger partial charge in [-0.15, -0.1) is 0 Å². The normalized spacial score (nSPS) is 29.6. The summed E-state index contributed by atoms with van der Waals surface area (Å²) in [7, 11) is 0. The van der Waals surface area contributed by atoms with Gasteiger partial charge in [-0.1, -0.05) is 54.7 Å². The van der Waals surface area contributed by atoms with E-state index >= 15 is 0 Å². The van der Waals surface area contributed by atoms with Gasteiger partial charge in [0.1, 0.15) is 0 Å². The van der Waals surface area contributed by atoms with E-state index in [1.807, 2.05) is 12.2 Å². The predicted molar refractivity (Wildman–Crippen MR) is 59.6 cm³/mol. The summed E-state index contributed by atoms with van der Waals surface area (Å²) >= 11 is 0. The van der Waals surface area contributed by atoms with Crippen LogP contribution in [0.3, 0.4) is 0 Å². The van der Waals surface area contributed by atoms with Crippen LogP contribution in [0.15, 0.2) is 60.3 Å². The lowest BCUT2D eigenvalue weighted by atomic mass is 10.1. The zero-order valence-corrected chi connectivity index (χ0v) is 8.16. The zero-order chi connectivity index (χ0) is 9.52. The van der Waals surface area contributed by atoms with Gasteiger partial charge < -0.3 is 0 Å². The van der Waals surface area contributed by atoms with Crippen molar-refractivity contribution in [1.29, 1.82) is 0 Å². The van der Waals surface area contributed by atoms with Crippen LogP contribution in [0.25, 0.3) is 0 Å². The number of hydrogen-bond acceptors (Lipinski definition) is 0. The van der Waals surface area contributed by atoms with Crippen LogP contribution < -0.4 is 0 Å². The third-order valence-electron chi connectivity index (χ3n) is 1.93. The van der Waals surface area contributed by atoms with E-state index in [2.05, 4.69) is 43.9 Å². The summed E-state index contributed by atoms with van der Waals surface area (Å²) in [5.41, 5.74) is 2.47. The van der Waals surface area contributed by atoms with Crippen LogP contribution in [-0.4, -0.2) is 0 Å². The summed E-state index contributed by atoms with van der Waals surface area (Å²) in [6.07, 6.45) is 16.8. The Morgan fingerprint density at radius 2 is 2.00 bits per heavy atom. The lowest BCUT2D eigenvalue weighted by Gasteiger charge is -1.92. The Labute approximate surface area is 80.7 Å². The summed E-state index contributed by atoms with van der Waals surface area (Å²) in [5.74, 6) is 0. The van der Waals surface area contributed by atoms with Crippen LogP contribution in [0.2, 0.25) is 0 Å². The number of rotatable bonds is 0. The van der Waals surface area contributed by atoms with Crippen molar-refractivity contribution >= 4 is 0 Å². The number of allylic oxidation sites excluding steroid dienone is 9. The van der Waals surface area contributed by atoms with Crippen molar-refractivity contribution in [3.05, 3.63) is 60.3 Å². The summed E-state index contributed by atoms with van der Waals surface area (Å²) in [5, 5.41) is 0. The van der Waals surface area contributed by atoms with Crippen LogP contribution in [0.1, 0.15) is 19.8 Å². The lowest BCUT2D eigenvalue weighted by Crippen LogP contribution is -1.71. The smallest absolute Gasteiger partial charge is 0.0138 e. The maximum absolute atomic E-state index is 3.91. The van der Waals surface area contributed by atoms with Gasteiger partial charge in [0.15, 0.2) is 0 Å². The monoisotopic (exact) mass is 172 g/mol. The van der Waals surface area contributed by atoms with E-state index < -0.39 is 0 Å². The molecule has 0 aromatic heterocycles. The number of hydrogen-bond donors (Lipinski definition) is 0. The molecule has 0 spiro atoms. The molecule has 0 aliphatic heterocycles. The van der Waals surface area contributed by atoms with E-state index in [4.69, 9.17) is 0 Å². The van der Waals surface area contributed by atoms with Crippen molar-refractivity contribution < 1.29 is 0 Å². The molecular formula is C13H16. The maximum atomic E-state index is 3.91. The second kappa shape index (κ2) is 5.36. The van der Waals surface area contributed by atoms with Crippen LogP contribution in [0.4, 0.5) is 0 Å². The molecule has 0 nitrogen and oxygen atoms in total. The summed E-state index contributed by atoms with van der Waals surface area (Å²) < 4.78 is 0. The molecule has 0 amide bonds. The molecule has 0 fully saturated rings. The van der Waals surface area contributed by atoms with E-state index in [9.17, 15) is 0 Å². The molecule has 1 aliphatic rings. The van der Waals surface area contributed by atoms with Gasteiger partial charge in [-0.05, 0) is 25.3 Å². The highest BCUT2D eigenvalue weighted by Crippen LogP contribution is 2.06. The fraction of sp³-hybridized carbons (Fsp3) is 0.231. The first kappa shape index (κ1) is 9.79. The molecule has 68 valence electrons. The average Bonchev–Trinajstić information content (AvgIpc) is 2.14. The standard InChI is InChI=1S/C13H16/c1-12-8-4-3-5-9-13(2)11-7-6-10-12/h3-6,8,10-11H,1,7,9H2,2H3/b5-3-,8-4-,10-6-,13-11-. The highest BCUT2D eigenvalue weighted by Gasteiger charge is 1.85. The van der Waals surface area contributed by atoms with E-state index in [0.717, 1.165) is 18.4 Å². The molecule has 0 radical (unpaired) electrons. The minimum atomic E-state index is 1.01. The molecule has 0 unspecified atom stereocenters. The molecule has 1 rings (SSSR count). The highest BCUT2D eigenvalue weighted by molar-refractivity contribution is 5.30. The van der Waals surface area contributed by atoms with Crippen LogP contribution in [-0.2, 0) is 0 Å². The van der Waals surface area contributed by atoms with Gasteiger partial charge in [-0.25, -0.2) is 0 Å². The molecular weight excluding hydrogens is 156 g/mol. The zero-order valence-electron chi connectivity index (χ0n) is 8.16. The van der Waals surface area contributed by atoms with Crippen molar-refractivity contribution in [3.8, 4) is 0 Å². The molecule has 0 bridgehead atoms. The predicted octanol–water partition coefficient (Wildman–Crippen LogP) is 3.95. The lowest BCUT2D eigenvalue weighted by molar-refractivity contribution is 1.17. The molecule has 0 saturated heterocycles. The highest BCUT2D eigenvalue weighted by atomic mass is 13.9. The molecule has 0 N–H and O–H groups in total. The van der Waals surface area contributed by atoms with Crippen LogP contribution in [0.5, 0.6) is 0 Å². The molecule has 0 aromatic rings. The molecule has 0 saturated carbocycles. The maximum Gasteiger partial charge on any atom is -0.0138 e. The molecule has 0 heteroatoms. The van der Waals surface area contributed by atoms with Crippen molar-refractivity contribution in [2.75, 3.05) is 0 Å². The van der Waals surface area contributed by atoms with Crippen molar-refractivity contribution in [2.24, 2.45) is 0 Å². The fourth-order valence-electron chi connectivity index (χ4n) is 1.14. The average molecular weight is 172 g/mol. The minimum Gasteiger partial charge on any atom is -0.0918 e. The summed E-state index contributed by atoms with van der Waals surface area (Å²) in [4.78, 5) is 0. The van der Waals surface area contributed by atoms with Gasteiger partial charge in [0.2, 0.25) is 0 Å². The van der Waals surface area contributed by atoms with Gasteiger partial charge in [-0.2, -0.15) is 0 Å². The second-order valence-electron chi connectivity index (χ2n) is 3.25. The van der Waals surface area contributed by atoms with E-state index in [0.29, 0.717) is 0 Å². The van der Waals surface area contributed by atoms with Gasteiger partial charge in [0.05, 0.1) is 0 Å². The summed E-state index contributed by atoms with van der Waals surface area (Å²) in [6.45, 7) is 6.07. The Morgan fingerprint density at radius 1 is 1.15 bits per heavy atom. The van der Waals surface area contributed by atoms with Gasteiger partial charge in [0, 0.05) is 0 Å². The van der Waals surface area contributed by atoms with Gasteiger partial charge >= 0.3 is 0 Å². The first-order valence-electron chi connectivity index (χ1n) is 4.63.